The molecule has 16 heteroatoms. The maximum atomic E-state index is 10.6. The van der Waals surface area contributed by atoms with Gasteiger partial charge in [0, 0.05) is 31.4 Å². The minimum absolute atomic E-state index is 0.271. The molecule has 1 aliphatic rings. The van der Waals surface area contributed by atoms with Crippen molar-refractivity contribution < 1.29 is 55.3 Å². The van der Waals surface area contributed by atoms with E-state index in [1.54, 1.807) is 12.5 Å². The molecule has 0 amide bonds. The number of carbonyl (C=O) groups is 2. The van der Waals surface area contributed by atoms with Crippen molar-refractivity contribution >= 4 is 11.9 Å². The number of furan rings is 1. The van der Waals surface area contributed by atoms with Crippen LogP contribution in [0.25, 0.3) is 0 Å². The smallest absolute Gasteiger partial charge is 0.475 e. The molecule has 3 aromatic heterocycles. The Morgan fingerprint density at radius 2 is 1.67 bits per heavy atom. The molecule has 0 aliphatic carbocycles. The zero-order chi connectivity index (χ0) is 29.2. The average molecular weight is 566 g/mol. The number of fused-ring (bicyclic) bond motifs is 1. The fourth-order valence-electron chi connectivity index (χ4n) is 3.30. The summed E-state index contributed by atoms with van der Waals surface area (Å²) in [7, 11) is 0. The first-order valence-corrected chi connectivity index (χ1v) is 11.1. The van der Waals surface area contributed by atoms with Crippen LogP contribution in [-0.4, -0.2) is 60.5 Å². The molecular weight excluding hydrogens is 542 g/mol. The molecule has 4 heterocycles. The van der Waals surface area contributed by atoms with Crippen molar-refractivity contribution in [1.29, 1.82) is 0 Å². The molecule has 1 unspecified atom stereocenters. The minimum atomic E-state index is -5.08. The second-order valence-electron chi connectivity index (χ2n) is 7.96. The third-order valence-electron chi connectivity index (χ3n) is 5.18. The van der Waals surface area contributed by atoms with Crippen molar-refractivity contribution in [3.05, 3.63) is 72.0 Å². The monoisotopic (exact) mass is 566 g/mol. The quantitative estimate of drug-likeness (QED) is 0.416. The summed E-state index contributed by atoms with van der Waals surface area (Å²) < 4.78 is 76.8. The molecule has 0 saturated carbocycles. The van der Waals surface area contributed by atoms with Crippen LogP contribution in [0.15, 0.2) is 53.6 Å². The molecule has 3 aromatic rings. The molecule has 2 N–H and O–H groups in total. The van der Waals surface area contributed by atoms with Gasteiger partial charge < -0.3 is 23.9 Å². The number of carboxylic acid groups (broad SMARTS) is 2. The Kier molecular flexibility index (Phi) is 11.0. The first-order valence-electron chi connectivity index (χ1n) is 11.1. The number of alkyl halides is 6. The van der Waals surface area contributed by atoms with Crippen molar-refractivity contribution in [3.8, 4) is 0 Å². The van der Waals surface area contributed by atoms with Crippen LogP contribution in [-0.2, 0) is 40.6 Å². The van der Waals surface area contributed by atoms with Crippen LogP contribution in [0.3, 0.4) is 0 Å². The molecule has 10 nitrogen and oxygen atoms in total. The number of nitrogens with zero attached hydrogens (tertiary/aromatic N) is 4. The third kappa shape index (κ3) is 10.0. The average Bonchev–Trinajstić information content (AvgIpc) is 3.52. The largest absolute Gasteiger partial charge is 0.490 e. The van der Waals surface area contributed by atoms with E-state index in [-0.39, 0.29) is 6.04 Å². The van der Waals surface area contributed by atoms with Gasteiger partial charge in [0.05, 0.1) is 49.4 Å². The Hall–Kier alpha value is -3.92. The topological polar surface area (TPSA) is 131 Å². The molecule has 0 bridgehead atoms. The van der Waals surface area contributed by atoms with E-state index in [9.17, 15) is 26.3 Å². The van der Waals surface area contributed by atoms with E-state index in [4.69, 9.17) is 29.0 Å². The molecule has 0 fully saturated rings. The molecule has 39 heavy (non-hydrogen) atoms. The van der Waals surface area contributed by atoms with Crippen LogP contribution < -0.4 is 0 Å². The SMILES string of the molecule is CC1c2ncc(COCc3ccccn3)n2CCN1Cc1ccoc1.O=C(O)C(F)(F)F.O=C(O)C(F)(F)F. The highest BCUT2D eigenvalue weighted by molar-refractivity contribution is 5.73. The van der Waals surface area contributed by atoms with Gasteiger partial charge >= 0.3 is 24.3 Å². The van der Waals surface area contributed by atoms with E-state index in [2.05, 4.69) is 26.4 Å². The molecule has 0 aromatic carbocycles. The molecular formula is C23H24F6N4O6. The van der Waals surface area contributed by atoms with Crippen molar-refractivity contribution in [2.75, 3.05) is 6.54 Å². The van der Waals surface area contributed by atoms with Gasteiger partial charge in [-0.3, -0.25) is 9.88 Å². The second-order valence-corrected chi connectivity index (χ2v) is 7.96. The van der Waals surface area contributed by atoms with E-state index in [1.807, 2.05) is 36.7 Å². The van der Waals surface area contributed by atoms with Crippen LogP contribution in [0.4, 0.5) is 26.3 Å². The normalized spacial score (nSPS) is 15.3. The van der Waals surface area contributed by atoms with E-state index < -0.39 is 24.3 Å². The van der Waals surface area contributed by atoms with Gasteiger partial charge in [-0.15, -0.1) is 0 Å². The number of aliphatic carboxylic acids is 2. The van der Waals surface area contributed by atoms with Gasteiger partial charge in [0.1, 0.15) is 5.82 Å². The van der Waals surface area contributed by atoms with Crippen LogP contribution in [0.5, 0.6) is 0 Å². The lowest BCUT2D eigenvalue weighted by Crippen LogP contribution is -2.37. The maximum Gasteiger partial charge on any atom is 0.490 e. The lowest BCUT2D eigenvalue weighted by molar-refractivity contribution is -0.193. The Labute approximate surface area is 217 Å². The summed E-state index contributed by atoms with van der Waals surface area (Å²) in [5.41, 5.74) is 3.27. The fraction of sp³-hybridized carbons (Fsp3) is 0.391. The summed E-state index contributed by atoms with van der Waals surface area (Å²) >= 11 is 0. The molecule has 214 valence electrons. The number of imidazole rings is 1. The van der Waals surface area contributed by atoms with E-state index in [0.29, 0.717) is 13.2 Å². The lowest BCUT2D eigenvalue weighted by atomic mass is 10.2. The molecule has 0 spiro atoms. The van der Waals surface area contributed by atoms with Gasteiger partial charge in [0.25, 0.3) is 0 Å². The highest BCUT2D eigenvalue weighted by Gasteiger charge is 2.38. The summed E-state index contributed by atoms with van der Waals surface area (Å²) in [6, 6.07) is 8.15. The first-order chi connectivity index (χ1) is 18.2. The predicted octanol–water partition coefficient (Wildman–Crippen LogP) is 4.43. The van der Waals surface area contributed by atoms with Gasteiger partial charge in [-0.05, 0) is 25.1 Å². The van der Waals surface area contributed by atoms with Gasteiger partial charge in [-0.25, -0.2) is 14.6 Å². The zero-order valence-corrected chi connectivity index (χ0v) is 20.3. The summed E-state index contributed by atoms with van der Waals surface area (Å²) in [5.74, 6) is -4.41. The summed E-state index contributed by atoms with van der Waals surface area (Å²) in [4.78, 5) is 29.1. The fourth-order valence-corrected chi connectivity index (χ4v) is 3.30. The number of rotatable bonds is 6. The number of hydrogen-bond donors (Lipinski definition) is 2. The van der Waals surface area contributed by atoms with Crippen molar-refractivity contribution in [2.24, 2.45) is 0 Å². The van der Waals surface area contributed by atoms with Crippen LogP contribution in [0.2, 0.25) is 0 Å². The van der Waals surface area contributed by atoms with Crippen molar-refractivity contribution in [2.45, 2.75) is 51.6 Å². The first kappa shape index (κ1) is 31.3. The van der Waals surface area contributed by atoms with Gasteiger partial charge in [0.2, 0.25) is 0 Å². The number of pyridine rings is 1. The lowest BCUT2D eigenvalue weighted by Gasteiger charge is -2.34. The number of aromatic nitrogens is 3. The molecule has 0 radical (unpaired) electrons. The van der Waals surface area contributed by atoms with E-state index in [0.717, 1.165) is 36.8 Å². The van der Waals surface area contributed by atoms with Crippen molar-refractivity contribution in [1.82, 2.24) is 19.4 Å². The van der Waals surface area contributed by atoms with E-state index in [1.165, 1.54) is 5.56 Å². The highest BCUT2D eigenvalue weighted by atomic mass is 19.4. The highest BCUT2D eigenvalue weighted by Crippen LogP contribution is 2.27. The summed E-state index contributed by atoms with van der Waals surface area (Å²) in [5, 5.41) is 14.2. The minimum Gasteiger partial charge on any atom is -0.475 e. The van der Waals surface area contributed by atoms with Crippen LogP contribution in [0, 0.1) is 0 Å². The summed E-state index contributed by atoms with van der Waals surface area (Å²) in [6.07, 6.45) is -2.91. The molecule has 0 saturated heterocycles. The second kappa shape index (κ2) is 13.7. The Morgan fingerprint density at radius 3 is 2.18 bits per heavy atom. The van der Waals surface area contributed by atoms with Gasteiger partial charge in [0.15, 0.2) is 0 Å². The van der Waals surface area contributed by atoms with E-state index >= 15 is 0 Å². The number of carboxylic acids is 2. The number of ether oxygens (including phenoxy) is 1. The predicted molar refractivity (Wildman–Crippen MR) is 120 cm³/mol. The molecule has 1 aliphatic heterocycles. The van der Waals surface area contributed by atoms with Crippen molar-refractivity contribution in [3.63, 3.8) is 0 Å². The Bertz CT molecular complexity index is 1160. The number of halogens is 6. The van der Waals surface area contributed by atoms with Gasteiger partial charge in [-0.1, -0.05) is 6.07 Å². The Morgan fingerprint density at radius 1 is 1.03 bits per heavy atom. The third-order valence-corrected chi connectivity index (χ3v) is 5.18. The van der Waals surface area contributed by atoms with Gasteiger partial charge in [-0.2, -0.15) is 26.3 Å². The Balaban J connectivity index is 0.000000317. The summed E-state index contributed by atoms with van der Waals surface area (Å²) in [6.45, 7) is 6.08. The molecule has 1 atom stereocenters. The standard InChI is InChI=1S/C19H22N4O2.2C2HF3O2/c1-15-19-21-10-18(14-25-13-17-4-2-3-6-20-17)23(19)8-7-22(15)11-16-5-9-24-12-16;2*3-2(4,5)1(6)7/h2-6,9-10,12,15H,7-8,11,13-14H2,1H3;2*(H,6,7). The molecule has 4 rings (SSSR count). The van der Waals surface area contributed by atoms with Crippen LogP contribution in [0.1, 0.15) is 35.7 Å². The van der Waals surface area contributed by atoms with Crippen LogP contribution >= 0.6 is 0 Å². The zero-order valence-electron chi connectivity index (χ0n) is 20.3. The number of hydrogen-bond acceptors (Lipinski definition) is 7. The maximum absolute atomic E-state index is 10.6.